The summed E-state index contributed by atoms with van der Waals surface area (Å²) in [5.74, 6) is -0.383. The molecular formula is C17H13ClFN3O2. The fourth-order valence-electron chi connectivity index (χ4n) is 2.49. The van der Waals surface area contributed by atoms with Gasteiger partial charge in [-0.3, -0.25) is 10.1 Å². The van der Waals surface area contributed by atoms with Gasteiger partial charge in [-0.25, -0.2) is 9.37 Å². The maximum absolute atomic E-state index is 13.4. The predicted octanol–water partition coefficient (Wildman–Crippen LogP) is 5.11. The summed E-state index contributed by atoms with van der Waals surface area (Å²) in [6.45, 7) is 1.92. The first-order valence-electron chi connectivity index (χ1n) is 7.21. The smallest absolute Gasteiger partial charge is 0.269 e. The highest BCUT2D eigenvalue weighted by atomic mass is 35.5. The maximum Gasteiger partial charge on any atom is 0.269 e. The van der Waals surface area contributed by atoms with E-state index in [0.29, 0.717) is 5.52 Å². The third-order valence-electron chi connectivity index (χ3n) is 3.72. The number of nitrogens with one attached hydrogen (secondary N) is 1. The van der Waals surface area contributed by atoms with Crippen molar-refractivity contribution in [2.75, 3.05) is 5.32 Å². The summed E-state index contributed by atoms with van der Waals surface area (Å²) in [7, 11) is 0. The van der Waals surface area contributed by atoms with Crippen LogP contribution in [0.25, 0.3) is 10.9 Å². The Bertz CT molecular complexity index is 910. The van der Waals surface area contributed by atoms with Crippen LogP contribution in [0.1, 0.15) is 18.5 Å². The molecule has 3 rings (SSSR count). The molecule has 24 heavy (non-hydrogen) atoms. The fraction of sp³-hybridized carbons (Fsp3) is 0.118. The molecule has 2 aromatic carbocycles. The summed E-state index contributed by atoms with van der Waals surface area (Å²) in [5, 5.41) is 15.0. The Labute approximate surface area is 142 Å². The van der Waals surface area contributed by atoms with Gasteiger partial charge >= 0.3 is 0 Å². The number of hydrogen-bond acceptors (Lipinski definition) is 4. The number of aromatic nitrogens is 1. The highest BCUT2D eigenvalue weighted by Gasteiger charge is 2.12. The molecule has 0 aliphatic heterocycles. The summed E-state index contributed by atoms with van der Waals surface area (Å²) >= 11 is 6.01. The van der Waals surface area contributed by atoms with Crippen LogP contribution >= 0.6 is 11.6 Å². The fourth-order valence-corrected chi connectivity index (χ4v) is 2.69. The van der Waals surface area contributed by atoms with Crippen LogP contribution in [-0.2, 0) is 0 Å². The quantitative estimate of drug-likeness (QED) is 0.405. The second-order valence-corrected chi connectivity index (χ2v) is 5.76. The van der Waals surface area contributed by atoms with Crippen molar-refractivity contribution in [3.05, 3.63) is 75.2 Å². The van der Waals surface area contributed by atoms with Crippen LogP contribution in [0.5, 0.6) is 0 Å². The average molecular weight is 346 g/mol. The topological polar surface area (TPSA) is 68.1 Å². The van der Waals surface area contributed by atoms with Gasteiger partial charge in [-0.05, 0) is 30.7 Å². The first-order valence-corrected chi connectivity index (χ1v) is 7.58. The van der Waals surface area contributed by atoms with E-state index in [2.05, 4.69) is 10.3 Å². The van der Waals surface area contributed by atoms with Crippen molar-refractivity contribution in [3.8, 4) is 0 Å². The standard InChI is InChI=1S/C17H13ClFN3O2/c1-10(11-2-5-13(6-3-11)22(23)24)20-16-9-17(18)21-15-8-12(19)4-7-14(15)16/h2-10H,1H3,(H,20,21). The minimum Gasteiger partial charge on any atom is -0.378 e. The first kappa shape index (κ1) is 16.1. The van der Waals surface area contributed by atoms with Gasteiger partial charge in [-0.2, -0.15) is 0 Å². The average Bonchev–Trinajstić information content (AvgIpc) is 2.54. The molecule has 0 fully saturated rings. The number of fused-ring (bicyclic) bond motifs is 1. The molecule has 1 unspecified atom stereocenters. The molecule has 0 bridgehead atoms. The lowest BCUT2D eigenvalue weighted by Gasteiger charge is -2.17. The van der Waals surface area contributed by atoms with Crippen LogP contribution in [0, 0.1) is 15.9 Å². The molecule has 1 atom stereocenters. The largest absolute Gasteiger partial charge is 0.378 e. The molecule has 7 heteroatoms. The van der Waals surface area contributed by atoms with E-state index in [1.54, 1.807) is 24.3 Å². The van der Waals surface area contributed by atoms with Gasteiger partial charge < -0.3 is 5.32 Å². The number of anilines is 1. The van der Waals surface area contributed by atoms with E-state index in [-0.39, 0.29) is 22.7 Å². The van der Waals surface area contributed by atoms with Gasteiger partial charge in [0.05, 0.1) is 10.4 Å². The Morgan fingerprint density at radius 3 is 2.58 bits per heavy atom. The molecule has 1 N–H and O–H groups in total. The number of nitro groups is 1. The summed E-state index contributed by atoms with van der Waals surface area (Å²) in [5.41, 5.74) is 2.10. The summed E-state index contributed by atoms with van der Waals surface area (Å²) in [6.07, 6.45) is 0. The van der Waals surface area contributed by atoms with Crippen LogP contribution < -0.4 is 5.32 Å². The Balaban J connectivity index is 1.92. The molecule has 0 radical (unpaired) electrons. The van der Waals surface area contributed by atoms with Crippen molar-refractivity contribution < 1.29 is 9.31 Å². The third kappa shape index (κ3) is 3.28. The highest BCUT2D eigenvalue weighted by Crippen LogP contribution is 2.29. The van der Waals surface area contributed by atoms with Crippen LogP contribution in [0.4, 0.5) is 15.8 Å². The number of nitro benzene ring substituents is 1. The zero-order valence-corrected chi connectivity index (χ0v) is 13.4. The lowest BCUT2D eigenvalue weighted by Crippen LogP contribution is -2.07. The second kappa shape index (κ2) is 6.41. The Morgan fingerprint density at radius 2 is 1.92 bits per heavy atom. The van der Waals surface area contributed by atoms with Crippen molar-refractivity contribution in [1.29, 1.82) is 0 Å². The van der Waals surface area contributed by atoms with Gasteiger partial charge in [-0.15, -0.1) is 0 Å². The van der Waals surface area contributed by atoms with Gasteiger partial charge in [0.15, 0.2) is 0 Å². The van der Waals surface area contributed by atoms with Crippen molar-refractivity contribution in [1.82, 2.24) is 4.98 Å². The van der Waals surface area contributed by atoms with Crippen LogP contribution in [-0.4, -0.2) is 9.91 Å². The van der Waals surface area contributed by atoms with E-state index in [4.69, 9.17) is 11.6 Å². The molecular weight excluding hydrogens is 333 g/mol. The van der Waals surface area contributed by atoms with Gasteiger partial charge in [0.1, 0.15) is 11.0 Å². The van der Waals surface area contributed by atoms with Crippen molar-refractivity contribution in [3.63, 3.8) is 0 Å². The Morgan fingerprint density at radius 1 is 1.21 bits per heavy atom. The first-order chi connectivity index (χ1) is 11.4. The summed E-state index contributed by atoms with van der Waals surface area (Å²) < 4.78 is 13.4. The monoisotopic (exact) mass is 345 g/mol. The van der Waals surface area contributed by atoms with Crippen molar-refractivity contribution >= 4 is 33.9 Å². The zero-order chi connectivity index (χ0) is 17.3. The van der Waals surface area contributed by atoms with Crippen LogP contribution in [0.3, 0.4) is 0 Å². The van der Waals surface area contributed by atoms with E-state index in [0.717, 1.165) is 16.6 Å². The molecule has 0 aliphatic carbocycles. The molecule has 1 aromatic heterocycles. The molecule has 3 aromatic rings. The predicted molar refractivity (Wildman–Crippen MR) is 91.8 cm³/mol. The van der Waals surface area contributed by atoms with Gasteiger partial charge in [0, 0.05) is 35.3 Å². The van der Waals surface area contributed by atoms with E-state index in [9.17, 15) is 14.5 Å². The third-order valence-corrected chi connectivity index (χ3v) is 3.91. The highest BCUT2D eigenvalue weighted by molar-refractivity contribution is 6.30. The molecule has 0 saturated carbocycles. The second-order valence-electron chi connectivity index (χ2n) is 5.37. The molecule has 0 aliphatic rings. The number of non-ortho nitro benzene ring substituents is 1. The number of nitrogens with zero attached hydrogens (tertiary/aromatic N) is 2. The Hall–Kier alpha value is -2.73. The number of halogens is 2. The minimum absolute atomic E-state index is 0.0406. The minimum atomic E-state index is -0.438. The number of pyridine rings is 1. The van der Waals surface area contributed by atoms with Crippen LogP contribution in [0.15, 0.2) is 48.5 Å². The summed E-state index contributed by atoms with van der Waals surface area (Å²) in [6, 6.07) is 12.2. The lowest BCUT2D eigenvalue weighted by atomic mass is 10.1. The van der Waals surface area contributed by atoms with Gasteiger partial charge in [-0.1, -0.05) is 23.7 Å². The zero-order valence-electron chi connectivity index (χ0n) is 12.7. The van der Waals surface area contributed by atoms with E-state index in [1.165, 1.54) is 24.3 Å². The molecule has 122 valence electrons. The van der Waals surface area contributed by atoms with E-state index >= 15 is 0 Å². The SMILES string of the molecule is CC(Nc1cc(Cl)nc2cc(F)ccc12)c1ccc([N+](=O)[O-])cc1. The summed E-state index contributed by atoms with van der Waals surface area (Å²) in [4.78, 5) is 14.4. The van der Waals surface area contributed by atoms with Crippen LogP contribution in [0.2, 0.25) is 5.15 Å². The molecule has 0 saturated heterocycles. The van der Waals surface area contributed by atoms with Gasteiger partial charge in [0.2, 0.25) is 0 Å². The molecule has 0 spiro atoms. The van der Waals surface area contributed by atoms with Crippen molar-refractivity contribution in [2.24, 2.45) is 0 Å². The van der Waals surface area contributed by atoms with E-state index < -0.39 is 4.92 Å². The van der Waals surface area contributed by atoms with Crippen molar-refractivity contribution in [2.45, 2.75) is 13.0 Å². The molecule has 5 nitrogen and oxygen atoms in total. The molecule has 0 amide bonds. The van der Waals surface area contributed by atoms with Gasteiger partial charge in [0.25, 0.3) is 5.69 Å². The lowest BCUT2D eigenvalue weighted by molar-refractivity contribution is -0.384. The Kier molecular flexibility index (Phi) is 4.31. The normalized spacial score (nSPS) is 12.1. The number of benzene rings is 2. The maximum atomic E-state index is 13.4. The number of rotatable bonds is 4. The molecule has 1 heterocycles. The van der Waals surface area contributed by atoms with E-state index in [1.807, 2.05) is 6.92 Å². The number of hydrogen-bond donors (Lipinski definition) is 1.